The summed E-state index contributed by atoms with van der Waals surface area (Å²) in [4.78, 5) is 13.5. The predicted molar refractivity (Wildman–Crippen MR) is 75.9 cm³/mol. The molecule has 21 heavy (non-hydrogen) atoms. The van der Waals surface area contributed by atoms with Gasteiger partial charge in [0, 0.05) is 17.7 Å². The Bertz CT molecular complexity index is 525. The third-order valence-corrected chi connectivity index (χ3v) is 4.85. The summed E-state index contributed by atoms with van der Waals surface area (Å²) in [5.41, 5.74) is -0.201. The van der Waals surface area contributed by atoms with Crippen molar-refractivity contribution in [1.29, 1.82) is 0 Å². The van der Waals surface area contributed by atoms with Crippen LogP contribution >= 0.6 is 0 Å². The van der Waals surface area contributed by atoms with E-state index in [1.807, 2.05) is 13.8 Å². The summed E-state index contributed by atoms with van der Waals surface area (Å²) in [6, 6.07) is 3.43. The summed E-state index contributed by atoms with van der Waals surface area (Å²) in [6.45, 7) is 4.99. The highest BCUT2D eigenvalue weighted by Gasteiger charge is 2.40. The van der Waals surface area contributed by atoms with E-state index < -0.39 is 23.0 Å². The molecule has 1 saturated heterocycles. The van der Waals surface area contributed by atoms with Crippen molar-refractivity contribution in [3.8, 4) is 0 Å². The molecule has 3 nitrogen and oxygen atoms in total. The van der Waals surface area contributed by atoms with E-state index in [1.54, 1.807) is 0 Å². The summed E-state index contributed by atoms with van der Waals surface area (Å²) >= 11 is 0. The van der Waals surface area contributed by atoms with Crippen LogP contribution in [0.2, 0.25) is 0 Å². The molecule has 0 aliphatic carbocycles. The topological polar surface area (TPSA) is 40.5 Å². The Morgan fingerprint density at radius 3 is 2.48 bits per heavy atom. The standard InChI is InChI=1S/C16H21F2NO2/c1-3-16(15(20)21)6-8-19(9-7-16)11(2)13-5-4-12(17)10-14(13)18/h4-5,10-11H,3,6-9H2,1-2H3,(H,20,21). The van der Waals surface area contributed by atoms with E-state index in [2.05, 4.69) is 4.90 Å². The fourth-order valence-corrected chi connectivity index (χ4v) is 3.10. The molecular weight excluding hydrogens is 276 g/mol. The molecule has 1 N–H and O–H groups in total. The summed E-state index contributed by atoms with van der Waals surface area (Å²) < 4.78 is 26.8. The summed E-state index contributed by atoms with van der Waals surface area (Å²) in [5.74, 6) is -1.88. The molecular formula is C16H21F2NO2. The van der Waals surface area contributed by atoms with Gasteiger partial charge in [0.25, 0.3) is 0 Å². The largest absolute Gasteiger partial charge is 0.481 e. The van der Waals surface area contributed by atoms with Crippen molar-refractivity contribution in [3.63, 3.8) is 0 Å². The highest BCUT2D eigenvalue weighted by Crippen LogP contribution is 2.38. The fourth-order valence-electron chi connectivity index (χ4n) is 3.10. The Hall–Kier alpha value is -1.49. The molecule has 1 aliphatic rings. The minimum atomic E-state index is -0.745. The molecule has 1 aromatic carbocycles. The number of halogens is 2. The van der Waals surface area contributed by atoms with Crippen molar-refractivity contribution in [1.82, 2.24) is 4.90 Å². The van der Waals surface area contributed by atoms with E-state index in [0.717, 1.165) is 6.07 Å². The number of likely N-dealkylation sites (tertiary alicyclic amines) is 1. The molecule has 1 unspecified atom stereocenters. The van der Waals surface area contributed by atoms with Crippen LogP contribution in [0.5, 0.6) is 0 Å². The maximum Gasteiger partial charge on any atom is 0.309 e. The smallest absolute Gasteiger partial charge is 0.309 e. The van der Waals surface area contributed by atoms with Gasteiger partial charge in [0.15, 0.2) is 0 Å². The summed E-state index contributed by atoms with van der Waals surface area (Å²) in [7, 11) is 0. The van der Waals surface area contributed by atoms with Crippen LogP contribution in [0.25, 0.3) is 0 Å². The number of carboxylic acid groups (broad SMARTS) is 1. The Balaban J connectivity index is 2.09. The second kappa shape index (κ2) is 6.10. The van der Waals surface area contributed by atoms with Crippen LogP contribution < -0.4 is 0 Å². The first-order chi connectivity index (χ1) is 9.89. The van der Waals surface area contributed by atoms with Crippen molar-refractivity contribution in [3.05, 3.63) is 35.4 Å². The molecule has 0 amide bonds. The van der Waals surface area contributed by atoms with Crippen molar-refractivity contribution in [2.45, 2.75) is 39.2 Å². The van der Waals surface area contributed by atoms with Gasteiger partial charge in [0.1, 0.15) is 11.6 Å². The van der Waals surface area contributed by atoms with Gasteiger partial charge in [-0.1, -0.05) is 13.0 Å². The van der Waals surface area contributed by atoms with Gasteiger partial charge >= 0.3 is 5.97 Å². The molecule has 1 aliphatic heterocycles. The van der Waals surface area contributed by atoms with E-state index in [0.29, 0.717) is 37.9 Å². The lowest BCUT2D eigenvalue weighted by Gasteiger charge is -2.41. The molecule has 1 atom stereocenters. The van der Waals surface area contributed by atoms with Gasteiger partial charge in [0.2, 0.25) is 0 Å². The minimum Gasteiger partial charge on any atom is -0.481 e. The number of rotatable bonds is 4. The van der Waals surface area contributed by atoms with Gasteiger partial charge in [-0.05, 0) is 45.3 Å². The molecule has 1 heterocycles. The average Bonchev–Trinajstić information content (AvgIpc) is 2.46. The van der Waals surface area contributed by atoms with E-state index in [1.165, 1.54) is 12.1 Å². The van der Waals surface area contributed by atoms with Crippen LogP contribution in [-0.4, -0.2) is 29.1 Å². The lowest BCUT2D eigenvalue weighted by atomic mass is 9.76. The zero-order valence-corrected chi connectivity index (χ0v) is 12.4. The second-order valence-corrected chi connectivity index (χ2v) is 5.82. The zero-order chi connectivity index (χ0) is 15.6. The van der Waals surface area contributed by atoms with Gasteiger partial charge < -0.3 is 5.11 Å². The van der Waals surface area contributed by atoms with Crippen molar-refractivity contribution < 1.29 is 18.7 Å². The van der Waals surface area contributed by atoms with Gasteiger partial charge in [-0.25, -0.2) is 8.78 Å². The van der Waals surface area contributed by atoms with Crippen LogP contribution in [0.1, 0.15) is 44.7 Å². The fraction of sp³-hybridized carbons (Fsp3) is 0.562. The number of nitrogens with zero attached hydrogens (tertiary/aromatic N) is 1. The van der Waals surface area contributed by atoms with Crippen molar-refractivity contribution in [2.24, 2.45) is 5.41 Å². The Labute approximate surface area is 123 Å². The van der Waals surface area contributed by atoms with Crippen molar-refractivity contribution in [2.75, 3.05) is 13.1 Å². The van der Waals surface area contributed by atoms with Crippen LogP contribution in [0.15, 0.2) is 18.2 Å². The second-order valence-electron chi connectivity index (χ2n) is 5.82. The maximum atomic E-state index is 13.8. The first kappa shape index (κ1) is 15.9. The van der Waals surface area contributed by atoms with E-state index in [9.17, 15) is 18.7 Å². The number of carboxylic acids is 1. The van der Waals surface area contributed by atoms with E-state index in [-0.39, 0.29) is 6.04 Å². The molecule has 2 rings (SSSR count). The molecule has 0 bridgehead atoms. The minimum absolute atomic E-state index is 0.186. The Kier molecular flexibility index (Phi) is 4.61. The number of piperidine rings is 1. The number of hydrogen-bond acceptors (Lipinski definition) is 2. The van der Waals surface area contributed by atoms with Crippen LogP contribution in [0.4, 0.5) is 8.78 Å². The first-order valence-corrected chi connectivity index (χ1v) is 7.32. The average molecular weight is 297 g/mol. The maximum absolute atomic E-state index is 13.8. The third-order valence-electron chi connectivity index (χ3n) is 4.85. The van der Waals surface area contributed by atoms with Gasteiger partial charge in [0.05, 0.1) is 5.41 Å². The third kappa shape index (κ3) is 3.07. The highest BCUT2D eigenvalue weighted by molar-refractivity contribution is 5.74. The molecule has 0 spiro atoms. The molecule has 1 aromatic rings. The summed E-state index contributed by atoms with van der Waals surface area (Å²) in [6.07, 6.45) is 1.73. The van der Waals surface area contributed by atoms with Crippen LogP contribution in [0, 0.1) is 17.0 Å². The van der Waals surface area contributed by atoms with Crippen LogP contribution in [-0.2, 0) is 4.79 Å². The van der Waals surface area contributed by atoms with Gasteiger partial charge in [-0.3, -0.25) is 9.69 Å². The monoisotopic (exact) mass is 297 g/mol. The summed E-state index contributed by atoms with van der Waals surface area (Å²) in [5, 5.41) is 9.39. The number of carbonyl (C=O) groups is 1. The SMILES string of the molecule is CCC1(C(=O)O)CCN(C(C)c2ccc(F)cc2F)CC1. The Morgan fingerprint density at radius 2 is 2.00 bits per heavy atom. The number of aliphatic carboxylic acids is 1. The number of hydrogen-bond donors (Lipinski definition) is 1. The van der Waals surface area contributed by atoms with E-state index in [4.69, 9.17) is 0 Å². The van der Waals surface area contributed by atoms with Gasteiger partial charge in [-0.15, -0.1) is 0 Å². The predicted octanol–water partition coefficient (Wildman–Crippen LogP) is 3.60. The molecule has 0 radical (unpaired) electrons. The molecule has 116 valence electrons. The van der Waals surface area contributed by atoms with Gasteiger partial charge in [-0.2, -0.15) is 0 Å². The van der Waals surface area contributed by atoms with E-state index >= 15 is 0 Å². The lowest BCUT2D eigenvalue weighted by Crippen LogP contribution is -2.44. The first-order valence-electron chi connectivity index (χ1n) is 7.32. The number of benzene rings is 1. The highest BCUT2D eigenvalue weighted by atomic mass is 19.1. The lowest BCUT2D eigenvalue weighted by molar-refractivity contribution is -0.152. The quantitative estimate of drug-likeness (QED) is 0.923. The Morgan fingerprint density at radius 1 is 1.38 bits per heavy atom. The normalized spacial score (nSPS) is 20.2. The molecule has 0 saturated carbocycles. The van der Waals surface area contributed by atoms with Crippen molar-refractivity contribution >= 4 is 5.97 Å². The zero-order valence-electron chi connectivity index (χ0n) is 12.4. The molecule has 5 heteroatoms. The van der Waals surface area contributed by atoms with Crippen LogP contribution in [0.3, 0.4) is 0 Å². The molecule has 1 fully saturated rings. The molecule has 0 aromatic heterocycles.